The smallest absolute Gasteiger partial charge is 0.321 e. The topological polar surface area (TPSA) is 42.0 Å². The standard InChI is InChI=1S/C11H7F3N2OS/c12-11(13,14)7-1-3-8(4-2-7)16-10(17)9-5-18-6-15-9/h1-6H,(H,16,17). The van der Waals surface area contributed by atoms with Crippen molar-refractivity contribution in [3.05, 3.63) is 46.4 Å². The number of anilines is 1. The summed E-state index contributed by atoms with van der Waals surface area (Å²) >= 11 is 1.26. The molecular formula is C11H7F3N2OS. The molecule has 0 bridgehead atoms. The van der Waals surface area contributed by atoms with Crippen molar-refractivity contribution in [2.75, 3.05) is 5.32 Å². The van der Waals surface area contributed by atoms with E-state index in [1.165, 1.54) is 29.0 Å². The van der Waals surface area contributed by atoms with Crippen LogP contribution in [0.2, 0.25) is 0 Å². The number of carbonyl (C=O) groups is 1. The highest BCUT2D eigenvalue weighted by Crippen LogP contribution is 2.29. The molecule has 0 atom stereocenters. The molecule has 0 aliphatic carbocycles. The van der Waals surface area contributed by atoms with Crippen LogP contribution in [0.25, 0.3) is 0 Å². The van der Waals surface area contributed by atoms with E-state index < -0.39 is 17.6 Å². The van der Waals surface area contributed by atoms with Crippen molar-refractivity contribution < 1.29 is 18.0 Å². The minimum Gasteiger partial charge on any atom is -0.321 e. The molecule has 2 rings (SSSR count). The first kappa shape index (κ1) is 12.6. The molecule has 7 heteroatoms. The largest absolute Gasteiger partial charge is 0.416 e. The van der Waals surface area contributed by atoms with Crippen molar-refractivity contribution in [1.29, 1.82) is 0 Å². The van der Waals surface area contributed by atoms with Crippen molar-refractivity contribution in [1.82, 2.24) is 4.98 Å². The van der Waals surface area contributed by atoms with Gasteiger partial charge in [0.05, 0.1) is 11.1 Å². The summed E-state index contributed by atoms with van der Waals surface area (Å²) in [6.07, 6.45) is -4.38. The van der Waals surface area contributed by atoms with Gasteiger partial charge in [-0.1, -0.05) is 0 Å². The number of hydrogen-bond acceptors (Lipinski definition) is 3. The Morgan fingerprint density at radius 2 is 1.89 bits per heavy atom. The van der Waals surface area contributed by atoms with Gasteiger partial charge in [0.15, 0.2) is 0 Å². The fourth-order valence-corrected chi connectivity index (χ4v) is 1.79. The quantitative estimate of drug-likeness (QED) is 0.910. The number of nitrogens with one attached hydrogen (secondary N) is 1. The number of thiazole rings is 1. The lowest BCUT2D eigenvalue weighted by molar-refractivity contribution is -0.137. The second kappa shape index (κ2) is 4.77. The van der Waals surface area contributed by atoms with Gasteiger partial charge in [0.2, 0.25) is 0 Å². The Kier molecular flexibility index (Phi) is 3.33. The summed E-state index contributed by atoms with van der Waals surface area (Å²) < 4.78 is 36.9. The average Bonchev–Trinajstić information content (AvgIpc) is 2.82. The first-order chi connectivity index (χ1) is 8.47. The minimum absolute atomic E-state index is 0.236. The maximum atomic E-state index is 12.3. The summed E-state index contributed by atoms with van der Waals surface area (Å²) in [4.78, 5) is 15.4. The zero-order valence-corrected chi connectivity index (χ0v) is 9.68. The van der Waals surface area contributed by atoms with Crippen LogP contribution < -0.4 is 5.32 Å². The van der Waals surface area contributed by atoms with E-state index in [0.717, 1.165) is 12.1 Å². The molecule has 0 unspecified atom stereocenters. The first-order valence-corrected chi connectivity index (χ1v) is 5.78. The van der Waals surface area contributed by atoms with Crippen LogP contribution in [0, 0.1) is 0 Å². The van der Waals surface area contributed by atoms with E-state index >= 15 is 0 Å². The van der Waals surface area contributed by atoms with E-state index in [2.05, 4.69) is 10.3 Å². The molecule has 1 N–H and O–H groups in total. The molecule has 0 saturated heterocycles. The van der Waals surface area contributed by atoms with Gasteiger partial charge in [-0.05, 0) is 24.3 Å². The van der Waals surface area contributed by atoms with Crippen LogP contribution >= 0.6 is 11.3 Å². The molecule has 3 nitrogen and oxygen atoms in total. The number of hydrogen-bond donors (Lipinski definition) is 1. The first-order valence-electron chi connectivity index (χ1n) is 4.83. The van der Waals surface area contributed by atoms with E-state index in [9.17, 15) is 18.0 Å². The lowest BCUT2D eigenvalue weighted by Crippen LogP contribution is -2.12. The Bertz CT molecular complexity index is 534. The summed E-state index contributed by atoms with van der Waals surface area (Å²) in [7, 11) is 0. The third-order valence-electron chi connectivity index (χ3n) is 2.14. The van der Waals surface area contributed by atoms with Crippen molar-refractivity contribution in [2.24, 2.45) is 0 Å². The van der Waals surface area contributed by atoms with Gasteiger partial charge >= 0.3 is 6.18 Å². The molecule has 0 aliphatic heterocycles. The van der Waals surface area contributed by atoms with Gasteiger partial charge in [0.25, 0.3) is 5.91 Å². The number of carbonyl (C=O) groups excluding carboxylic acids is 1. The van der Waals surface area contributed by atoms with Gasteiger partial charge in [-0.2, -0.15) is 13.2 Å². The Morgan fingerprint density at radius 3 is 2.39 bits per heavy atom. The summed E-state index contributed by atoms with van der Waals surface area (Å²) in [5.41, 5.74) is 1.27. The van der Waals surface area contributed by atoms with Crippen molar-refractivity contribution >= 4 is 22.9 Å². The van der Waals surface area contributed by atoms with Crippen LogP contribution in [-0.2, 0) is 6.18 Å². The number of halogens is 3. The maximum absolute atomic E-state index is 12.3. The molecule has 1 amide bonds. The highest BCUT2D eigenvalue weighted by atomic mass is 32.1. The average molecular weight is 272 g/mol. The Hall–Kier alpha value is -1.89. The molecule has 0 fully saturated rings. The van der Waals surface area contributed by atoms with Crippen LogP contribution in [0.1, 0.15) is 16.1 Å². The Morgan fingerprint density at radius 1 is 1.22 bits per heavy atom. The monoisotopic (exact) mass is 272 g/mol. The van der Waals surface area contributed by atoms with Gasteiger partial charge in [-0.25, -0.2) is 4.98 Å². The Labute approximate surface area is 104 Å². The van der Waals surface area contributed by atoms with Gasteiger partial charge in [0.1, 0.15) is 5.69 Å². The molecule has 18 heavy (non-hydrogen) atoms. The summed E-state index contributed by atoms with van der Waals surface area (Å²) in [5.74, 6) is -0.448. The van der Waals surface area contributed by atoms with Gasteiger partial charge < -0.3 is 5.32 Å². The molecule has 1 aromatic heterocycles. The van der Waals surface area contributed by atoms with Gasteiger partial charge in [0, 0.05) is 11.1 Å². The number of benzene rings is 1. The highest BCUT2D eigenvalue weighted by molar-refractivity contribution is 7.07. The molecular weight excluding hydrogens is 265 g/mol. The van der Waals surface area contributed by atoms with Crippen molar-refractivity contribution in [2.45, 2.75) is 6.18 Å². The van der Waals surface area contributed by atoms with Crippen molar-refractivity contribution in [3.8, 4) is 0 Å². The lowest BCUT2D eigenvalue weighted by atomic mass is 10.2. The normalized spacial score (nSPS) is 11.3. The molecule has 0 radical (unpaired) electrons. The summed E-state index contributed by atoms with van der Waals surface area (Å²) in [6, 6.07) is 4.23. The van der Waals surface area contributed by atoms with E-state index in [1.54, 1.807) is 5.38 Å². The van der Waals surface area contributed by atoms with Gasteiger partial charge in [-0.3, -0.25) is 4.79 Å². The molecule has 0 aliphatic rings. The zero-order valence-electron chi connectivity index (χ0n) is 8.86. The molecule has 1 aromatic carbocycles. The summed E-state index contributed by atoms with van der Waals surface area (Å²) in [6.45, 7) is 0. The minimum atomic E-state index is -4.38. The molecule has 0 saturated carbocycles. The third kappa shape index (κ3) is 2.86. The second-order valence-corrected chi connectivity index (χ2v) is 4.12. The van der Waals surface area contributed by atoms with Crippen LogP contribution in [-0.4, -0.2) is 10.9 Å². The number of alkyl halides is 3. The number of rotatable bonds is 2. The fourth-order valence-electron chi connectivity index (χ4n) is 1.26. The SMILES string of the molecule is O=C(Nc1ccc(C(F)(F)F)cc1)c1cscn1. The van der Waals surface area contributed by atoms with E-state index in [0.29, 0.717) is 5.69 Å². The molecule has 94 valence electrons. The molecule has 1 heterocycles. The molecule has 0 spiro atoms. The van der Waals surface area contributed by atoms with Crippen LogP contribution in [0.4, 0.5) is 18.9 Å². The van der Waals surface area contributed by atoms with E-state index in [1.807, 2.05) is 0 Å². The number of nitrogens with zero attached hydrogens (tertiary/aromatic N) is 1. The van der Waals surface area contributed by atoms with Crippen LogP contribution in [0.3, 0.4) is 0 Å². The van der Waals surface area contributed by atoms with E-state index in [-0.39, 0.29) is 5.69 Å². The number of aromatic nitrogens is 1. The van der Waals surface area contributed by atoms with Crippen molar-refractivity contribution in [3.63, 3.8) is 0 Å². The highest BCUT2D eigenvalue weighted by Gasteiger charge is 2.29. The number of amides is 1. The molecule has 2 aromatic rings. The van der Waals surface area contributed by atoms with Crippen LogP contribution in [0.15, 0.2) is 35.2 Å². The Balaban J connectivity index is 2.09. The maximum Gasteiger partial charge on any atom is 0.416 e. The van der Waals surface area contributed by atoms with Gasteiger partial charge in [-0.15, -0.1) is 11.3 Å². The second-order valence-electron chi connectivity index (χ2n) is 3.40. The summed E-state index contributed by atoms with van der Waals surface area (Å²) in [5, 5.41) is 4.02. The fraction of sp³-hybridized carbons (Fsp3) is 0.0909. The predicted octanol–water partition coefficient (Wildman–Crippen LogP) is 3.41. The predicted molar refractivity (Wildman–Crippen MR) is 61.5 cm³/mol. The lowest BCUT2D eigenvalue weighted by Gasteiger charge is -2.08. The van der Waals surface area contributed by atoms with E-state index in [4.69, 9.17) is 0 Å². The third-order valence-corrected chi connectivity index (χ3v) is 2.72. The van der Waals surface area contributed by atoms with Crippen LogP contribution in [0.5, 0.6) is 0 Å². The zero-order chi connectivity index (χ0) is 13.2.